The predicted octanol–water partition coefficient (Wildman–Crippen LogP) is 4.41. The van der Waals surface area contributed by atoms with Crippen LogP contribution in [-0.4, -0.2) is 48.6 Å². The highest BCUT2D eigenvalue weighted by Crippen LogP contribution is 2.40. The molecular formula is C26H31NO5. The minimum Gasteiger partial charge on any atom is -0.507 e. The van der Waals surface area contributed by atoms with Gasteiger partial charge in [0.2, 0.25) is 0 Å². The summed E-state index contributed by atoms with van der Waals surface area (Å²) in [5.41, 5.74) is 3.18. The minimum atomic E-state index is -0.691. The van der Waals surface area contributed by atoms with Gasteiger partial charge in [0.15, 0.2) is 0 Å². The number of Topliss-reactive ketones (excluding diaryl/α,β-unsaturated/α-hetero) is 1. The summed E-state index contributed by atoms with van der Waals surface area (Å²) in [7, 11) is 1.55. The van der Waals surface area contributed by atoms with Crippen LogP contribution < -0.4 is 4.74 Å². The van der Waals surface area contributed by atoms with Gasteiger partial charge >= 0.3 is 0 Å². The average Bonchev–Trinajstić information content (AvgIpc) is 3.01. The van der Waals surface area contributed by atoms with Crippen LogP contribution in [0.2, 0.25) is 0 Å². The number of aliphatic hydroxyl groups is 1. The zero-order valence-corrected chi connectivity index (χ0v) is 19.3. The van der Waals surface area contributed by atoms with Gasteiger partial charge < -0.3 is 19.5 Å². The number of aliphatic hydroxyl groups excluding tert-OH is 1. The third-order valence-electron chi connectivity index (χ3n) is 5.51. The standard InChI is InChI=1S/C26H31NO5/c1-16(2)15-32-20-10-11-21(18(4)14-20)24(28)22-23(19-8-6-17(3)7-9-19)27(12-13-31-5)26(30)25(22)29/h6-11,14,16,23,28H,12-13,15H2,1-5H3. The van der Waals surface area contributed by atoms with Gasteiger partial charge in [0, 0.05) is 19.2 Å². The van der Waals surface area contributed by atoms with E-state index in [4.69, 9.17) is 9.47 Å². The Morgan fingerprint density at radius 1 is 1.09 bits per heavy atom. The fraction of sp³-hybridized carbons (Fsp3) is 0.385. The Morgan fingerprint density at radius 3 is 2.38 bits per heavy atom. The van der Waals surface area contributed by atoms with Crippen molar-refractivity contribution in [1.29, 1.82) is 0 Å². The molecule has 0 aliphatic carbocycles. The van der Waals surface area contributed by atoms with Crippen LogP contribution >= 0.6 is 0 Å². The van der Waals surface area contributed by atoms with E-state index in [1.54, 1.807) is 19.2 Å². The first-order valence-corrected chi connectivity index (χ1v) is 10.8. The van der Waals surface area contributed by atoms with Gasteiger partial charge in [0.1, 0.15) is 11.5 Å². The molecule has 1 saturated heterocycles. The van der Waals surface area contributed by atoms with Crippen molar-refractivity contribution in [3.63, 3.8) is 0 Å². The van der Waals surface area contributed by atoms with Crippen molar-refractivity contribution in [2.45, 2.75) is 33.7 Å². The lowest BCUT2D eigenvalue weighted by molar-refractivity contribution is -0.140. The molecule has 1 aliphatic heterocycles. The molecule has 1 heterocycles. The lowest BCUT2D eigenvalue weighted by Crippen LogP contribution is -2.32. The number of aryl methyl sites for hydroxylation is 2. The number of nitrogens with zero attached hydrogens (tertiary/aromatic N) is 1. The highest BCUT2D eigenvalue weighted by atomic mass is 16.5. The second kappa shape index (κ2) is 10.0. The molecule has 0 spiro atoms. The summed E-state index contributed by atoms with van der Waals surface area (Å²) in [6, 6.07) is 12.3. The van der Waals surface area contributed by atoms with Crippen LogP contribution in [0.3, 0.4) is 0 Å². The predicted molar refractivity (Wildman–Crippen MR) is 124 cm³/mol. The second-order valence-electron chi connectivity index (χ2n) is 8.58. The molecule has 170 valence electrons. The summed E-state index contributed by atoms with van der Waals surface area (Å²) in [6.45, 7) is 9.08. The maximum absolute atomic E-state index is 13.0. The highest BCUT2D eigenvalue weighted by molar-refractivity contribution is 6.46. The summed E-state index contributed by atoms with van der Waals surface area (Å²) >= 11 is 0. The largest absolute Gasteiger partial charge is 0.507 e. The summed E-state index contributed by atoms with van der Waals surface area (Å²) in [4.78, 5) is 27.3. The van der Waals surface area contributed by atoms with Crippen LogP contribution in [0, 0.1) is 19.8 Å². The summed E-state index contributed by atoms with van der Waals surface area (Å²) < 4.78 is 10.9. The molecule has 0 bridgehead atoms. The number of ketones is 1. The van der Waals surface area contributed by atoms with Crippen molar-refractivity contribution >= 4 is 17.4 Å². The van der Waals surface area contributed by atoms with E-state index in [0.29, 0.717) is 23.8 Å². The number of amides is 1. The van der Waals surface area contributed by atoms with Gasteiger partial charge in [-0.1, -0.05) is 43.7 Å². The Bertz CT molecular complexity index is 1020. The molecule has 1 unspecified atom stereocenters. The summed E-state index contributed by atoms with van der Waals surface area (Å²) in [6.07, 6.45) is 0. The molecule has 1 amide bonds. The van der Waals surface area contributed by atoms with Gasteiger partial charge in [0.05, 0.1) is 24.8 Å². The third-order valence-corrected chi connectivity index (χ3v) is 5.51. The number of carbonyl (C=O) groups is 2. The van der Waals surface area contributed by atoms with Crippen molar-refractivity contribution in [2.75, 3.05) is 26.9 Å². The van der Waals surface area contributed by atoms with Crippen LogP contribution in [-0.2, 0) is 14.3 Å². The zero-order chi connectivity index (χ0) is 23.4. The minimum absolute atomic E-state index is 0.0916. The number of carbonyl (C=O) groups excluding carboxylic acids is 2. The Balaban J connectivity index is 2.07. The summed E-state index contributed by atoms with van der Waals surface area (Å²) in [5, 5.41) is 11.2. The molecule has 2 aromatic rings. The van der Waals surface area contributed by atoms with Gasteiger partial charge in [-0.05, 0) is 49.1 Å². The maximum Gasteiger partial charge on any atom is 0.295 e. The number of rotatable bonds is 8. The highest BCUT2D eigenvalue weighted by Gasteiger charge is 2.45. The number of likely N-dealkylation sites (tertiary alicyclic amines) is 1. The van der Waals surface area contributed by atoms with E-state index in [0.717, 1.165) is 16.7 Å². The monoisotopic (exact) mass is 437 g/mol. The fourth-order valence-corrected chi connectivity index (χ4v) is 3.80. The van der Waals surface area contributed by atoms with Crippen LogP contribution in [0.1, 0.15) is 42.1 Å². The molecule has 1 atom stereocenters. The van der Waals surface area contributed by atoms with Crippen molar-refractivity contribution < 1.29 is 24.2 Å². The van der Waals surface area contributed by atoms with Crippen molar-refractivity contribution in [3.05, 3.63) is 70.3 Å². The average molecular weight is 438 g/mol. The van der Waals surface area contributed by atoms with Crippen LogP contribution in [0.5, 0.6) is 5.75 Å². The van der Waals surface area contributed by atoms with Crippen molar-refractivity contribution in [1.82, 2.24) is 4.90 Å². The molecule has 0 radical (unpaired) electrons. The Kier molecular flexibility index (Phi) is 7.36. The molecule has 6 heteroatoms. The van der Waals surface area contributed by atoms with E-state index in [1.807, 2.05) is 44.2 Å². The molecule has 0 saturated carbocycles. The van der Waals surface area contributed by atoms with Crippen LogP contribution in [0.15, 0.2) is 48.0 Å². The van der Waals surface area contributed by atoms with E-state index >= 15 is 0 Å². The Hall–Kier alpha value is -3.12. The third kappa shape index (κ3) is 4.86. The normalized spacial score (nSPS) is 17.9. The molecule has 3 rings (SSSR count). The van der Waals surface area contributed by atoms with E-state index in [1.165, 1.54) is 4.90 Å². The molecule has 1 fully saturated rings. The molecule has 0 aromatic heterocycles. The van der Waals surface area contributed by atoms with Gasteiger partial charge in [-0.3, -0.25) is 9.59 Å². The number of ether oxygens (including phenoxy) is 2. The van der Waals surface area contributed by atoms with Gasteiger partial charge in [-0.25, -0.2) is 0 Å². The van der Waals surface area contributed by atoms with E-state index in [2.05, 4.69) is 13.8 Å². The molecule has 1 aliphatic rings. The smallest absolute Gasteiger partial charge is 0.295 e. The van der Waals surface area contributed by atoms with E-state index in [9.17, 15) is 14.7 Å². The number of methoxy groups -OCH3 is 1. The first-order valence-electron chi connectivity index (χ1n) is 10.8. The first kappa shape index (κ1) is 23.5. The van der Waals surface area contributed by atoms with Crippen LogP contribution in [0.25, 0.3) is 5.76 Å². The quantitative estimate of drug-likeness (QED) is 0.376. The number of benzene rings is 2. The zero-order valence-electron chi connectivity index (χ0n) is 19.3. The van der Waals surface area contributed by atoms with E-state index in [-0.39, 0.29) is 24.5 Å². The fourth-order valence-electron chi connectivity index (χ4n) is 3.80. The van der Waals surface area contributed by atoms with Crippen molar-refractivity contribution in [2.24, 2.45) is 5.92 Å². The molecule has 1 N–H and O–H groups in total. The molecule has 2 aromatic carbocycles. The Labute approximate surface area is 189 Å². The van der Waals surface area contributed by atoms with Gasteiger partial charge in [0.25, 0.3) is 11.7 Å². The SMILES string of the molecule is COCCN1C(=O)C(=O)C(=C(O)c2ccc(OCC(C)C)cc2C)C1c1ccc(C)cc1. The van der Waals surface area contributed by atoms with Gasteiger partial charge in [-0.15, -0.1) is 0 Å². The van der Waals surface area contributed by atoms with Crippen LogP contribution in [0.4, 0.5) is 0 Å². The molecular weight excluding hydrogens is 406 g/mol. The Morgan fingerprint density at radius 2 is 1.78 bits per heavy atom. The first-order chi connectivity index (χ1) is 15.2. The van der Waals surface area contributed by atoms with Gasteiger partial charge in [-0.2, -0.15) is 0 Å². The lowest BCUT2D eigenvalue weighted by atomic mass is 9.93. The second-order valence-corrected chi connectivity index (χ2v) is 8.58. The number of hydrogen-bond donors (Lipinski definition) is 1. The lowest BCUT2D eigenvalue weighted by Gasteiger charge is -2.25. The summed E-state index contributed by atoms with van der Waals surface area (Å²) in [5.74, 6) is -0.418. The maximum atomic E-state index is 13.0. The topological polar surface area (TPSA) is 76.1 Å². The van der Waals surface area contributed by atoms with Crippen molar-refractivity contribution in [3.8, 4) is 5.75 Å². The molecule has 32 heavy (non-hydrogen) atoms. The number of hydrogen-bond acceptors (Lipinski definition) is 5. The molecule has 6 nitrogen and oxygen atoms in total. The van der Waals surface area contributed by atoms with E-state index < -0.39 is 17.7 Å².